The molecular weight excluding hydrogens is 472 g/mol. The van der Waals surface area contributed by atoms with Gasteiger partial charge in [-0.05, 0) is 46.5 Å². The maximum atomic E-state index is 12.8. The van der Waals surface area contributed by atoms with Crippen molar-refractivity contribution in [2.75, 3.05) is 0 Å². The molecule has 1 amide bonds. The molecule has 1 N–H and O–H groups in total. The Labute approximate surface area is 210 Å². The van der Waals surface area contributed by atoms with Gasteiger partial charge in [-0.1, -0.05) is 72.9 Å². The number of aryl methyl sites for hydroxylation is 1. The molecule has 0 atom stereocenters. The van der Waals surface area contributed by atoms with E-state index in [2.05, 4.69) is 36.8 Å². The van der Waals surface area contributed by atoms with Crippen LogP contribution in [0.25, 0.3) is 22.5 Å². The number of nitrogens with one attached hydrogen (secondary N) is 1. The van der Waals surface area contributed by atoms with E-state index < -0.39 is 5.91 Å². The number of carbonyl (C=O) groups excluding carboxylic acids is 1. The molecule has 2 heterocycles. The molecule has 0 aliphatic carbocycles. The highest BCUT2D eigenvalue weighted by Gasteiger charge is 2.12. The van der Waals surface area contributed by atoms with Crippen LogP contribution < -0.4 is 4.80 Å². The number of aromatic amines is 1. The third-order valence-corrected chi connectivity index (χ3v) is 6.60. The summed E-state index contributed by atoms with van der Waals surface area (Å²) in [6.45, 7) is 2.48. The van der Waals surface area contributed by atoms with E-state index in [0.717, 1.165) is 33.7 Å². The van der Waals surface area contributed by atoms with Gasteiger partial charge in [0.25, 0.3) is 5.91 Å². The van der Waals surface area contributed by atoms with Gasteiger partial charge in [0.2, 0.25) is 10.6 Å². The SMILES string of the molecule is CCc1nn(Cc2ccc(-c3ccccc3-c3nn[nH]n3)cc2)c(=NC(=O)c2cccc(C#N)c2)s1. The van der Waals surface area contributed by atoms with E-state index in [-0.39, 0.29) is 0 Å². The van der Waals surface area contributed by atoms with Crippen LogP contribution in [0.2, 0.25) is 0 Å². The summed E-state index contributed by atoms with van der Waals surface area (Å²) in [6, 6.07) is 24.6. The molecule has 176 valence electrons. The number of tetrazole rings is 1. The van der Waals surface area contributed by atoms with Crippen LogP contribution in [0.5, 0.6) is 0 Å². The van der Waals surface area contributed by atoms with Gasteiger partial charge in [0, 0.05) is 11.1 Å². The van der Waals surface area contributed by atoms with Crippen molar-refractivity contribution < 1.29 is 4.79 Å². The van der Waals surface area contributed by atoms with Gasteiger partial charge in [0.1, 0.15) is 5.01 Å². The van der Waals surface area contributed by atoms with E-state index in [0.29, 0.717) is 28.3 Å². The van der Waals surface area contributed by atoms with Crippen LogP contribution in [0.4, 0.5) is 0 Å². The molecule has 36 heavy (non-hydrogen) atoms. The summed E-state index contributed by atoms with van der Waals surface area (Å²) in [5.74, 6) is 0.136. The highest BCUT2D eigenvalue weighted by molar-refractivity contribution is 7.08. The third-order valence-electron chi connectivity index (χ3n) is 5.51. The molecule has 0 spiro atoms. The van der Waals surface area contributed by atoms with E-state index in [1.807, 2.05) is 55.5 Å². The van der Waals surface area contributed by atoms with Crippen molar-refractivity contribution in [2.45, 2.75) is 19.9 Å². The molecule has 0 fully saturated rings. The number of aromatic nitrogens is 6. The number of nitrogens with zero attached hydrogens (tertiary/aromatic N) is 7. The van der Waals surface area contributed by atoms with Gasteiger partial charge in [-0.15, -0.1) is 10.2 Å². The highest BCUT2D eigenvalue weighted by Crippen LogP contribution is 2.29. The number of H-pyrrole nitrogens is 1. The van der Waals surface area contributed by atoms with Crippen LogP contribution in [0.1, 0.15) is 33.4 Å². The summed E-state index contributed by atoms with van der Waals surface area (Å²) in [7, 11) is 0. The fraction of sp³-hybridized carbons (Fsp3) is 0.115. The molecule has 0 aliphatic heterocycles. The molecule has 0 radical (unpaired) electrons. The molecular formula is C26H20N8OS. The molecule has 3 aromatic carbocycles. The van der Waals surface area contributed by atoms with Crippen molar-refractivity contribution in [3.05, 3.63) is 99.3 Å². The molecule has 10 heteroatoms. The molecule has 0 aliphatic rings. The summed E-state index contributed by atoms with van der Waals surface area (Å²) in [4.78, 5) is 17.6. The van der Waals surface area contributed by atoms with E-state index in [1.165, 1.54) is 11.3 Å². The Morgan fingerprint density at radius 2 is 1.89 bits per heavy atom. The first-order valence-corrected chi connectivity index (χ1v) is 12.0. The van der Waals surface area contributed by atoms with Gasteiger partial charge in [-0.2, -0.15) is 20.6 Å². The van der Waals surface area contributed by atoms with Crippen molar-refractivity contribution in [2.24, 2.45) is 4.99 Å². The summed E-state index contributed by atoms with van der Waals surface area (Å²) >= 11 is 1.39. The minimum atomic E-state index is -0.402. The van der Waals surface area contributed by atoms with Crippen molar-refractivity contribution in [1.29, 1.82) is 5.26 Å². The van der Waals surface area contributed by atoms with Crippen LogP contribution >= 0.6 is 11.3 Å². The van der Waals surface area contributed by atoms with Gasteiger partial charge in [0.05, 0.1) is 18.2 Å². The third kappa shape index (κ3) is 4.87. The fourth-order valence-corrected chi connectivity index (χ4v) is 4.56. The maximum Gasteiger partial charge on any atom is 0.279 e. The number of amides is 1. The average Bonchev–Trinajstić information content (AvgIpc) is 3.60. The predicted octanol–water partition coefficient (Wildman–Crippen LogP) is 4.02. The lowest BCUT2D eigenvalue weighted by molar-refractivity contribution is 0.0997. The summed E-state index contributed by atoms with van der Waals surface area (Å²) in [5.41, 5.74) is 4.72. The van der Waals surface area contributed by atoms with E-state index in [4.69, 9.17) is 5.26 Å². The first-order valence-electron chi connectivity index (χ1n) is 11.2. The van der Waals surface area contributed by atoms with Crippen molar-refractivity contribution in [1.82, 2.24) is 30.4 Å². The Kier molecular flexibility index (Phi) is 6.55. The van der Waals surface area contributed by atoms with Gasteiger partial charge >= 0.3 is 0 Å². The highest BCUT2D eigenvalue weighted by atomic mass is 32.1. The van der Waals surface area contributed by atoms with Crippen molar-refractivity contribution >= 4 is 17.2 Å². The molecule has 9 nitrogen and oxygen atoms in total. The Balaban J connectivity index is 1.43. The zero-order valence-corrected chi connectivity index (χ0v) is 20.1. The monoisotopic (exact) mass is 492 g/mol. The second-order valence-corrected chi connectivity index (χ2v) is 8.92. The van der Waals surface area contributed by atoms with Crippen LogP contribution in [-0.2, 0) is 13.0 Å². The molecule has 0 saturated carbocycles. The molecule has 5 aromatic rings. The lowest BCUT2D eigenvalue weighted by Crippen LogP contribution is -2.19. The predicted molar refractivity (Wildman–Crippen MR) is 135 cm³/mol. The minimum Gasteiger partial charge on any atom is -0.267 e. The van der Waals surface area contributed by atoms with Crippen LogP contribution in [-0.4, -0.2) is 36.3 Å². The summed E-state index contributed by atoms with van der Waals surface area (Å²) in [5, 5.41) is 29.0. The first-order chi connectivity index (χ1) is 17.6. The van der Waals surface area contributed by atoms with Gasteiger partial charge in [0.15, 0.2) is 0 Å². The molecule has 0 saturated heterocycles. The molecule has 2 aromatic heterocycles. The number of carbonyl (C=O) groups is 1. The zero-order chi connectivity index (χ0) is 24.9. The Morgan fingerprint density at radius 3 is 2.61 bits per heavy atom. The van der Waals surface area contributed by atoms with E-state index in [9.17, 15) is 4.79 Å². The number of hydrogen-bond acceptors (Lipinski definition) is 7. The topological polar surface area (TPSA) is 126 Å². The minimum absolute atomic E-state index is 0.372. The summed E-state index contributed by atoms with van der Waals surface area (Å²) < 4.78 is 1.75. The summed E-state index contributed by atoms with van der Waals surface area (Å²) in [6.07, 6.45) is 0.740. The van der Waals surface area contributed by atoms with Gasteiger partial charge in [-0.3, -0.25) is 4.79 Å². The Hall–Kier alpha value is -4.75. The standard InChI is InChI=1S/C26H20N8OS/c1-2-23-31-34(26(36-23)28-25(35)20-7-5-6-18(14-20)15-27)16-17-10-12-19(13-11-17)21-8-3-4-9-22(21)24-29-32-33-30-24/h3-14H,2,16H2,1H3,(H,29,30,32,33). The second-order valence-electron chi connectivity index (χ2n) is 7.88. The van der Waals surface area contributed by atoms with E-state index >= 15 is 0 Å². The Bertz CT molecular complexity index is 1630. The van der Waals surface area contributed by atoms with Crippen LogP contribution in [0.3, 0.4) is 0 Å². The molecule has 5 rings (SSSR count). The smallest absolute Gasteiger partial charge is 0.267 e. The fourth-order valence-electron chi connectivity index (χ4n) is 3.72. The lowest BCUT2D eigenvalue weighted by Gasteiger charge is -2.08. The largest absolute Gasteiger partial charge is 0.279 e. The van der Waals surface area contributed by atoms with Crippen molar-refractivity contribution in [3.8, 4) is 28.6 Å². The Morgan fingerprint density at radius 1 is 1.08 bits per heavy atom. The number of nitriles is 1. The number of hydrogen-bond donors (Lipinski definition) is 1. The molecule has 0 bridgehead atoms. The molecule has 0 unspecified atom stereocenters. The maximum absolute atomic E-state index is 12.8. The average molecular weight is 493 g/mol. The number of rotatable bonds is 6. The van der Waals surface area contributed by atoms with Crippen LogP contribution in [0, 0.1) is 11.3 Å². The first kappa shape index (κ1) is 23.0. The van der Waals surface area contributed by atoms with Gasteiger partial charge in [-0.25, -0.2) is 4.68 Å². The van der Waals surface area contributed by atoms with Crippen molar-refractivity contribution in [3.63, 3.8) is 0 Å². The zero-order valence-electron chi connectivity index (χ0n) is 19.3. The number of benzene rings is 3. The second kappa shape index (κ2) is 10.2. The normalized spacial score (nSPS) is 11.4. The van der Waals surface area contributed by atoms with Crippen LogP contribution in [0.15, 0.2) is 77.8 Å². The van der Waals surface area contributed by atoms with Gasteiger partial charge < -0.3 is 0 Å². The quantitative estimate of drug-likeness (QED) is 0.382. The van der Waals surface area contributed by atoms with E-state index in [1.54, 1.807) is 28.9 Å². The lowest BCUT2D eigenvalue weighted by atomic mass is 9.98.